The summed E-state index contributed by atoms with van der Waals surface area (Å²) in [6.07, 6.45) is 1.48. The molecule has 10 heteroatoms. The number of rotatable bonds is 8. The van der Waals surface area contributed by atoms with Crippen molar-refractivity contribution >= 4 is 21.9 Å². The Bertz CT molecular complexity index is 1160. The molecule has 1 fully saturated rings. The number of nitrogens with zero attached hydrogens (tertiary/aromatic N) is 3. The van der Waals surface area contributed by atoms with Crippen molar-refractivity contribution in [2.75, 3.05) is 18.5 Å². The van der Waals surface area contributed by atoms with Gasteiger partial charge in [0.25, 0.3) is 5.91 Å². The molecule has 1 unspecified atom stereocenters. The Labute approximate surface area is 186 Å². The molecule has 1 saturated heterocycles. The van der Waals surface area contributed by atoms with Gasteiger partial charge in [0.15, 0.2) is 0 Å². The summed E-state index contributed by atoms with van der Waals surface area (Å²) in [4.78, 5) is 12.6. The number of ether oxygens (including phenoxy) is 1. The van der Waals surface area contributed by atoms with Crippen LogP contribution in [-0.2, 0) is 21.3 Å². The maximum absolute atomic E-state index is 13.0. The lowest BCUT2D eigenvalue weighted by Gasteiger charge is -2.20. The zero-order valence-corrected chi connectivity index (χ0v) is 18.4. The number of carbonyl (C=O) groups excluding carboxylic acids is 1. The van der Waals surface area contributed by atoms with Crippen LogP contribution < -0.4 is 5.32 Å². The van der Waals surface area contributed by atoms with E-state index < -0.39 is 15.9 Å². The molecule has 0 spiro atoms. The van der Waals surface area contributed by atoms with Crippen LogP contribution in [0.25, 0.3) is 0 Å². The first kappa shape index (κ1) is 22.1. The lowest BCUT2D eigenvalue weighted by molar-refractivity contribution is 0.0893. The van der Waals surface area contributed by atoms with Gasteiger partial charge in [0.2, 0.25) is 15.9 Å². The van der Waals surface area contributed by atoms with Gasteiger partial charge in [-0.25, -0.2) is 8.42 Å². The molecule has 168 valence electrons. The smallest absolute Gasteiger partial charge is 0.322 e. The largest absolute Gasteiger partial charge is 0.405 e. The Balaban J connectivity index is 1.44. The summed E-state index contributed by atoms with van der Waals surface area (Å²) in [5.41, 5.74) is 1.17. The molecule has 1 aromatic heterocycles. The van der Waals surface area contributed by atoms with Crippen molar-refractivity contribution < 1.29 is 22.4 Å². The van der Waals surface area contributed by atoms with Gasteiger partial charge in [0.05, 0.1) is 4.90 Å². The van der Waals surface area contributed by atoms with Crippen molar-refractivity contribution in [2.24, 2.45) is 0 Å². The van der Waals surface area contributed by atoms with Gasteiger partial charge in [0.1, 0.15) is 6.10 Å². The first-order valence-electron chi connectivity index (χ1n) is 10.4. The molecule has 0 saturated carbocycles. The highest BCUT2D eigenvalue weighted by atomic mass is 32.2. The van der Waals surface area contributed by atoms with E-state index in [1.54, 1.807) is 6.92 Å². The number of hydrogen-bond acceptors (Lipinski definition) is 7. The van der Waals surface area contributed by atoms with Crippen molar-refractivity contribution in [1.29, 1.82) is 0 Å². The van der Waals surface area contributed by atoms with Crippen molar-refractivity contribution in [1.82, 2.24) is 14.5 Å². The normalized spacial score (nSPS) is 16.4. The molecule has 1 aliphatic heterocycles. The maximum Gasteiger partial charge on any atom is 0.322 e. The number of nitrogens with one attached hydrogen (secondary N) is 1. The third-order valence-electron chi connectivity index (χ3n) is 5.17. The van der Waals surface area contributed by atoms with E-state index in [1.807, 2.05) is 30.3 Å². The Morgan fingerprint density at radius 3 is 2.53 bits per heavy atom. The number of sulfonamides is 1. The van der Waals surface area contributed by atoms with Crippen LogP contribution in [-0.4, -0.2) is 42.0 Å². The van der Waals surface area contributed by atoms with Crippen LogP contribution in [0.15, 0.2) is 63.9 Å². The molecule has 0 bridgehead atoms. The van der Waals surface area contributed by atoms with Gasteiger partial charge in [-0.05, 0) is 42.7 Å². The summed E-state index contributed by atoms with van der Waals surface area (Å²) in [6, 6.07) is 15.1. The second-order valence-corrected chi connectivity index (χ2v) is 9.28. The fraction of sp³-hybridized carbons (Fsp3) is 0.318. The first-order valence-corrected chi connectivity index (χ1v) is 11.8. The highest BCUT2D eigenvalue weighted by molar-refractivity contribution is 7.89. The predicted molar refractivity (Wildman–Crippen MR) is 116 cm³/mol. The lowest BCUT2D eigenvalue weighted by Crippen LogP contribution is -2.30. The van der Waals surface area contributed by atoms with Gasteiger partial charge in [-0.2, -0.15) is 4.31 Å². The van der Waals surface area contributed by atoms with E-state index in [9.17, 15) is 13.2 Å². The molecule has 9 nitrogen and oxygen atoms in total. The first-order chi connectivity index (χ1) is 15.5. The summed E-state index contributed by atoms with van der Waals surface area (Å²) >= 11 is 0. The third kappa shape index (κ3) is 4.87. The van der Waals surface area contributed by atoms with Gasteiger partial charge in [0, 0.05) is 25.3 Å². The summed E-state index contributed by atoms with van der Waals surface area (Å²) in [5.74, 6) is -0.148. The van der Waals surface area contributed by atoms with Crippen molar-refractivity contribution in [3.63, 3.8) is 0 Å². The second-order valence-electron chi connectivity index (χ2n) is 7.34. The molecule has 0 aliphatic carbocycles. The fourth-order valence-electron chi connectivity index (χ4n) is 3.44. The summed E-state index contributed by atoms with van der Waals surface area (Å²) in [5, 5.41) is 10.3. The predicted octanol–water partition coefficient (Wildman–Crippen LogP) is 3.38. The second kappa shape index (κ2) is 9.60. The van der Waals surface area contributed by atoms with E-state index in [-0.39, 0.29) is 29.1 Å². The Morgan fingerprint density at radius 1 is 1.12 bits per heavy atom. The van der Waals surface area contributed by atoms with Crippen LogP contribution in [0.5, 0.6) is 0 Å². The molecular formula is C22H24N4O5S. The highest BCUT2D eigenvalue weighted by Gasteiger charge is 2.25. The lowest BCUT2D eigenvalue weighted by atomic mass is 10.2. The minimum atomic E-state index is -3.71. The van der Waals surface area contributed by atoms with E-state index in [0.717, 1.165) is 18.4 Å². The number of hydrogen-bond donors (Lipinski definition) is 1. The van der Waals surface area contributed by atoms with E-state index in [1.165, 1.54) is 28.6 Å². The topological polar surface area (TPSA) is 115 Å². The van der Waals surface area contributed by atoms with Crippen molar-refractivity contribution in [3.05, 3.63) is 71.6 Å². The van der Waals surface area contributed by atoms with Gasteiger partial charge in [-0.1, -0.05) is 42.4 Å². The van der Waals surface area contributed by atoms with Crippen LogP contribution in [0.2, 0.25) is 0 Å². The highest BCUT2D eigenvalue weighted by Crippen LogP contribution is 2.28. The Morgan fingerprint density at radius 2 is 1.88 bits per heavy atom. The summed E-state index contributed by atoms with van der Waals surface area (Å²) < 4.78 is 38.4. The molecule has 2 heterocycles. The van der Waals surface area contributed by atoms with Gasteiger partial charge >= 0.3 is 6.01 Å². The number of benzene rings is 2. The van der Waals surface area contributed by atoms with Crippen molar-refractivity contribution in [2.45, 2.75) is 37.3 Å². The molecule has 4 rings (SSSR count). The molecular weight excluding hydrogens is 432 g/mol. The van der Waals surface area contributed by atoms with Gasteiger partial charge in [-0.15, -0.1) is 5.10 Å². The summed E-state index contributed by atoms with van der Waals surface area (Å²) in [7, 11) is -3.71. The fourth-order valence-corrected chi connectivity index (χ4v) is 4.88. The monoisotopic (exact) mass is 456 g/mol. The number of carbonyl (C=O) groups is 1. The number of aromatic nitrogens is 2. The van der Waals surface area contributed by atoms with Gasteiger partial charge in [-0.3, -0.25) is 10.1 Å². The Kier molecular flexibility index (Phi) is 6.63. The van der Waals surface area contributed by atoms with E-state index >= 15 is 0 Å². The van der Waals surface area contributed by atoms with Crippen molar-refractivity contribution in [3.8, 4) is 0 Å². The van der Waals surface area contributed by atoms with Crippen LogP contribution in [0.3, 0.4) is 0 Å². The average Bonchev–Trinajstić information content (AvgIpc) is 3.50. The Hall–Kier alpha value is -3.08. The third-order valence-corrected chi connectivity index (χ3v) is 7.11. The maximum atomic E-state index is 13.0. The zero-order valence-electron chi connectivity index (χ0n) is 17.6. The van der Waals surface area contributed by atoms with Crippen LogP contribution in [0.1, 0.15) is 47.7 Å². The minimum absolute atomic E-state index is 0.0304. The molecule has 32 heavy (non-hydrogen) atoms. The molecule has 1 aliphatic rings. The van der Waals surface area contributed by atoms with Gasteiger partial charge < -0.3 is 9.15 Å². The number of amides is 1. The number of anilines is 1. The molecule has 1 N–H and O–H groups in total. The zero-order chi connectivity index (χ0) is 22.6. The standard InChI is InChI=1S/C22H24N4O5S/c1-2-26(15-16-7-4-3-5-8-16)32(28,29)18-12-10-17(11-13-18)20(27)23-22-25-24-21(31-22)19-9-6-14-30-19/h3-5,7-8,10-13,19H,2,6,9,14-15H2,1H3,(H,23,25,27). The minimum Gasteiger partial charge on any atom is -0.405 e. The molecule has 1 amide bonds. The molecule has 3 aromatic rings. The molecule has 0 radical (unpaired) electrons. The van der Waals surface area contributed by atoms with E-state index in [2.05, 4.69) is 15.5 Å². The molecule has 1 atom stereocenters. The average molecular weight is 457 g/mol. The van der Waals surface area contributed by atoms with E-state index in [4.69, 9.17) is 9.15 Å². The quantitative estimate of drug-likeness (QED) is 0.552. The van der Waals surface area contributed by atoms with E-state index in [0.29, 0.717) is 19.0 Å². The SMILES string of the molecule is CCN(Cc1ccccc1)S(=O)(=O)c1ccc(C(=O)Nc2nnc(C3CCCO3)o2)cc1. The summed E-state index contributed by atoms with van der Waals surface area (Å²) in [6.45, 7) is 3.03. The van der Waals surface area contributed by atoms with Crippen LogP contribution in [0, 0.1) is 0 Å². The van der Waals surface area contributed by atoms with Crippen LogP contribution >= 0.6 is 0 Å². The molecule has 2 aromatic carbocycles. The van der Waals surface area contributed by atoms with Crippen LogP contribution in [0.4, 0.5) is 6.01 Å².